The molecule has 0 aromatic carbocycles. The van der Waals surface area contributed by atoms with Crippen molar-refractivity contribution < 1.29 is 4.79 Å². The lowest BCUT2D eigenvalue weighted by atomic mass is 10.4. The number of aromatic nitrogens is 4. The zero-order valence-electron chi connectivity index (χ0n) is 10.1. The van der Waals surface area contributed by atoms with E-state index in [1.165, 1.54) is 22.9 Å². The first-order valence-corrected chi connectivity index (χ1v) is 5.49. The summed E-state index contributed by atoms with van der Waals surface area (Å²) < 4.78 is 1.38. The fraction of sp³-hybridized carbons (Fsp3) is 0.273. The standard InChI is InChI=1S/C11H13N5O2/c1-3-8-13-10(15-14-8)11(18)12-7-4-5-9(17)16(2)6-7/h4-6H,3H2,1-2H3,(H,12,18)(H,13,14,15). The molecule has 0 aliphatic heterocycles. The normalized spacial score (nSPS) is 10.3. The van der Waals surface area contributed by atoms with Gasteiger partial charge in [0.2, 0.25) is 11.4 Å². The van der Waals surface area contributed by atoms with Crippen molar-refractivity contribution in [2.24, 2.45) is 7.05 Å². The summed E-state index contributed by atoms with van der Waals surface area (Å²) in [4.78, 5) is 27.0. The molecule has 0 radical (unpaired) electrons. The monoisotopic (exact) mass is 247 g/mol. The van der Waals surface area contributed by atoms with E-state index in [-0.39, 0.29) is 11.4 Å². The second-order valence-corrected chi connectivity index (χ2v) is 3.78. The summed E-state index contributed by atoms with van der Waals surface area (Å²) in [7, 11) is 1.61. The highest BCUT2D eigenvalue weighted by Crippen LogP contribution is 2.04. The van der Waals surface area contributed by atoms with Crippen molar-refractivity contribution >= 4 is 11.6 Å². The van der Waals surface area contributed by atoms with Gasteiger partial charge in [-0.2, -0.15) is 0 Å². The molecule has 94 valence electrons. The van der Waals surface area contributed by atoms with Gasteiger partial charge in [0.1, 0.15) is 5.82 Å². The maximum absolute atomic E-state index is 11.8. The van der Waals surface area contributed by atoms with E-state index < -0.39 is 5.91 Å². The van der Waals surface area contributed by atoms with Crippen molar-refractivity contribution in [1.29, 1.82) is 0 Å². The third kappa shape index (κ3) is 2.45. The molecule has 2 aromatic rings. The molecule has 0 aliphatic carbocycles. The molecular formula is C11H13N5O2. The van der Waals surface area contributed by atoms with E-state index in [9.17, 15) is 9.59 Å². The summed E-state index contributed by atoms with van der Waals surface area (Å²) in [6, 6.07) is 2.92. The average Bonchev–Trinajstić information content (AvgIpc) is 2.82. The molecule has 2 rings (SSSR count). The number of rotatable bonds is 3. The van der Waals surface area contributed by atoms with Gasteiger partial charge < -0.3 is 9.88 Å². The number of aryl methyl sites for hydroxylation is 2. The van der Waals surface area contributed by atoms with Gasteiger partial charge in [0.15, 0.2) is 0 Å². The Morgan fingerprint density at radius 3 is 2.89 bits per heavy atom. The van der Waals surface area contributed by atoms with Gasteiger partial charge in [-0.3, -0.25) is 14.7 Å². The van der Waals surface area contributed by atoms with Crippen LogP contribution < -0.4 is 10.9 Å². The van der Waals surface area contributed by atoms with Gasteiger partial charge in [0, 0.05) is 25.7 Å². The number of carbonyl (C=O) groups excluding carboxylic acids is 1. The number of aromatic amines is 1. The molecule has 2 N–H and O–H groups in total. The van der Waals surface area contributed by atoms with Crippen molar-refractivity contribution in [2.75, 3.05) is 5.32 Å². The molecule has 7 nitrogen and oxygen atoms in total. The Morgan fingerprint density at radius 1 is 1.50 bits per heavy atom. The third-order valence-electron chi connectivity index (χ3n) is 2.41. The SMILES string of the molecule is CCc1nc(C(=O)Nc2ccc(=O)n(C)c2)n[nH]1. The quantitative estimate of drug-likeness (QED) is 0.816. The highest BCUT2D eigenvalue weighted by atomic mass is 16.2. The molecule has 2 aromatic heterocycles. The fourth-order valence-electron chi connectivity index (χ4n) is 1.41. The van der Waals surface area contributed by atoms with Gasteiger partial charge >= 0.3 is 0 Å². The molecule has 0 unspecified atom stereocenters. The third-order valence-corrected chi connectivity index (χ3v) is 2.41. The summed E-state index contributed by atoms with van der Waals surface area (Å²) >= 11 is 0. The highest BCUT2D eigenvalue weighted by molar-refractivity contribution is 6.01. The smallest absolute Gasteiger partial charge is 0.295 e. The number of amides is 1. The zero-order chi connectivity index (χ0) is 13.1. The lowest BCUT2D eigenvalue weighted by Crippen LogP contribution is -2.18. The van der Waals surface area contributed by atoms with Crippen molar-refractivity contribution in [3.63, 3.8) is 0 Å². The van der Waals surface area contributed by atoms with Crippen LogP contribution in [0.1, 0.15) is 23.4 Å². The Kier molecular flexibility index (Phi) is 3.22. The number of nitrogens with zero attached hydrogens (tertiary/aromatic N) is 3. The predicted molar refractivity (Wildman–Crippen MR) is 65.4 cm³/mol. The topological polar surface area (TPSA) is 92.7 Å². The van der Waals surface area contributed by atoms with E-state index in [1.54, 1.807) is 7.05 Å². The highest BCUT2D eigenvalue weighted by Gasteiger charge is 2.12. The number of pyridine rings is 1. The molecule has 0 atom stereocenters. The summed E-state index contributed by atoms with van der Waals surface area (Å²) in [6.45, 7) is 1.91. The Bertz CT molecular complexity index is 628. The maximum atomic E-state index is 11.8. The maximum Gasteiger partial charge on any atom is 0.295 e. The molecule has 0 bridgehead atoms. The van der Waals surface area contributed by atoms with Gasteiger partial charge in [-0.25, -0.2) is 4.98 Å². The van der Waals surface area contributed by atoms with Crippen LogP contribution in [-0.2, 0) is 13.5 Å². The van der Waals surface area contributed by atoms with Crippen LogP contribution in [0, 0.1) is 0 Å². The molecule has 18 heavy (non-hydrogen) atoms. The van der Waals surface area contributed by atoms with Gasteiger partial charge in [-0.1, -0.05) is 6.92 Å². The number of hydrogen-bond donors (Lipinski definition) is 2. The zero-order valence-corrected chi connectivity index (χ0v) is 10.1. The molecule has 0 aliphatic rings. The first kappa shape index (κ1) is 12.0. The largest absolute Gasteiger partial charge is 0.318 e. The van der Waals surface area contributed by atoms with Crippen LogP contribution in [-0.4, -0.2) is 25.7 Å². The Hall–Kier alpha value is -2.44. The Balaban J connectivity index is 2.15. The van der Waals surface area contributed by atoms with Crippen molar-refractivity contribution in [1.82, 2.24) is 19.7 Å². The van der Waals surface area contributed by atoms with E-state index in [2.05, 4.69) is 20.5 Å². The number of H-pyrrole nitrogens is 1. The summed E-state index contributed by atoms with van der Waals surface area (Å²) in [6.07, 6.45) is 2.22. The first-order chi connectivity index (χ1) is 8.60. The van der Waals surface area contributed by atoms with Crippen LogP contribution in [0.25, 0.3) is 0 Å². The number of nitrogens with one attached hydrogen (secondary N) is 2. The number of carbonyl (C=O) groups is 1. The van der Waals surface area contributed by atoms with E-state index in [4.69, 9.17) is 0 Å². The summed E-state index contributed by atoms with van der Waals surface area (Å²) in [5, 5.41) is 9.09. The van der Waals surface area contributed by atoms with Crippen molar-refractivity contribution in [2.45, 2.75) is 13.3 Å². The van der Waals surface area contributed by atoms with E-state index in [1.807, 2.05) is 6.92 Å². The van der Waals surface area contributed by atoms with Gasteiger partial charge in [-0.05, 0) is 6.07 Å². The molecule has 7 heteroatoms. The lowest BCUT2D eigenvalue weighted by Gasteiger charge is -2.03. The van der Waals surface area contributed by atoms with Gasteiger partial charge in [0.05, 0.1) is 5.69 Å². The average molecular weight is 247 g/mol. The van der Waals surface area contributed by atoms with Crippen LogP contribution in [0.5, 0.6) is 0 Å². The van der Waals surface area contributed by atoms with Crippen molar-refractivity contribution in [3.8, 4) is 0 Å². The van der Waals surface area contributed by atoms with Crippen molar-refractivity contribution in [3.05, 3.63) is 40.3 Å². The minimum absolute atomic E-state index is 0.0840. The molecule has 0 fully saturated rings. The van der Waals surface area contributed by atoms with Gasteiger partial charge in [0.25, 0.3) is 5.91 Å². The molecular weight excluding hydrogens is 234 g/mol. The second-order valence-electron chi connectivity index (χ2n) is 3.78. The number of anilines is 1. The fourth-order valence-corrected chi connectivity index (χ4v) is 1.41. The van der Waals surface area contributed by atoms with Crippen LogP contribution in [0.15, 0.2) is 23.1 Å². The minimum atomic E-state index is -0.412. The van der Waals surface area contributed by atoms with E-state index in [0.717, 1.165) is 0 Å². The summed E-state index contributed by atoms with van der Waals surface area (Å²) in [5.41, 5.74) is 0.379. The molecule has 0 spiro atoms. The molecule has 0 saturated heterocycles. The molecule has 1 amide bonds. The Labute approximate surface area is 103 Å². The first-order valence-electron chi connectivity index (χ1n) is 5.49. The Morgan fingerprint density at radius 2 is 2.28 bits per heavy atom. The van der Waals surface area contributed by atoms with Crippen LogP contribution in [0.3, 0.4) is 0 Å². The predicted octanol–water partition coefficient (Wildman–Crippen LogP) is 0.318. The number of hydrogen-bond acceptors (Lipinski definition) is 4. The van der Waals surface area contributed by atoms with E-state index in [0.29, 0.717) is 17.9 Å². The van der Waals surface area contributed by atoms with Crippen LogP contribution in [0.4, 0.5) is 5.69 Å². The minimum Gasteiger partial charge on any atom is -0.318 e. The second kappa shape index (κ2) is 4.82. The van der Waals surface area contributed by atoms with Gasteiger partial charge in [-0.15, -0.1) is 5.10 Å². The summed E-state index contributed by atoms with van der Waals surface area (Å²) in [5.74, 6) is 0.325. The molecule has 0 saturated carbocycles. The van der Waals surface area contributed by atoms with E-state index >= 15 is 0 Å². The van der Waals surface area contributed by atoms with Crippen LogP contribution >= 0.6 is 0 Å². The molecule has 2 heterocycles. The van der Waals surface area contributed by atoms with Crippen LogP contribution in [0.2, 0.25) is 0 Å². The lowest BCUT2D eigenvalue weighted by molar-refractivity contribution is 0.101.